The summed E-state index contributed by atoms with van der Waals surface area (Å²) in [6.45, 7) is 3.82. The Morgan fingerprint density at radius 1 is 1.41 bits per heavy atom. The molecule has 0 unspecified atom stereocenters. The van der Waals surface area contributed by atoms with Crippen molar-refractivity contribution in [3.63, 3.8) is 0 Å². The van der Waals surface area contributed by atoms with Crippen LogP contribution in [0.1, 0.15) is 19.4 Å². The number of anilines is 1. The van der Waals surface area contributed by atoms with Crippen molar-refractivity contribution in [2.75, 3.05) is 12.0 Å². The molecule has 0 saturated heterocycles. The average Bonchev–Trinajstić information content (AvgIpc) is 2.59. The van der Waals surface area contributed by atoms with Crippen molar-refractivity contribution in [3.8, 4) is 5.75 Å². The SMILES string of the molecule is COc1ccc2c(c1)C(=[N+]=[N-])C(=O)N2C(C)C. The molecular formula is C12H13N3O2. The van der Waals surface area contributed by atoms with Crippen molar-refractivity contribution in [3.05, 3.63) is 29.3 Å². The number of hydrogen-bond donors (Lipinski definition) is 0. The first-order chi connectivity index (χ1) is 8.10. The van der Waals surface area contributed by atoms with Crippen molar-refractivity contribution < 1.29 is 14.3 Å². The number of hydrogen-bond acceptors (Lipinski definition) is 2. The van der Waals surface area contributed by atoms with Crippen molar-refractivity contribution in [2.24, 2.45) is 0 Å². The molecule has 0 aromatic heterocycles. The molecule has 2 rings (SSSR count). The quantitative estimate of drug-likeness (QED) is 0.571. The topological polar surface area (TPSA) is 65.9 Å². The van der Waals surface area contributed by atoms with E-state index in [0.717, 1.165) is 5.69 Å². The fourth-order valence-electron chi connectivity index (χ4n) is 1.99. The summed E-state index contributed by atoms with van der Waals surface area (Å²) in [5.74, 6) is 0.342. The maximum Gasteiger partial charge on any atom is 0.389 e. The predicted molar refractivity (Wildman–Crippen MR) is 63.3 cm³/mol. The number of carbonyl (C=O) groups is 1. The van der Waals surface area contributed by atoms with E-state index in [1.807, 2.05) is 13.8 Å². The highest BCUT2D eigenvalue weighted by Gasteiger charge is 2.41. The van der Waals surface area contributed by atoms with E-state index in [1.165, 1.54) is 0 Å². The summed E-state index contributed by atoms with van der Waals surface area (Å²) in [4.78, 5) is 16.7. The van der Waals surface area contributed by atoms with Gasteiger partial charge in [-0.25, -0.2) is 0 Å². The summed E-state index contributed by atoms with van der Waals surface area (Å²) in [6, 6.07) is 5.28. The van der Waals surface area contributed by atoms with Gasteiger partial charge in [-0.1, -0.05) is 0 Å². The molecule has 5 heteroatoms. The fourth-order valence-corrected chi connectivity index (χ4v) is 1.99. The van der Waals surface area contributed by atoms with Crippen molar-refractivity contribution in [2.45, 2.75) is 19.9 Å². The molecule has 0 bridgehead atoms. The second kappa shape index (κ2) is 4.03. The Labute approximate surface area is 99.2 Å². The smallest absolute Gasteiger partial charge is 0.389 e. The average molecular weight is 231 g/mol. The summed E-state index contributed by atoms with van der Waals surface area (Å²) in [6.07, 6.45) is 0. The van der Waals surface area contributed by atoms with Gasteiger partial charge in [-0.15, -0.1) is 0 Å². The standard InChI is InChI=1S/C12H13N3O2/c1-7(2)15-10-5-4-8(17-3)6-9(10)11(14-13)12(15)16/h4-7H,1-3H3. The maximum absolute atomic E-state index is 12.0. The van der Waals surface area contributed by atoms with Gasteiger partial charge in [-0.05, 0) is 32.0 Å². The van der Waals surface area contributed by atoms with Crippen LogP contribution in [-0.2, 0) is 4.79 Å². The Morgan fingerprint density at radius 2 is 2.12 bits per heavy atom. The summed E-state index contributed by atoms with van der Waals surface area (Å²) >= 11 is 0. The van der Waals surface area contributed by atoms with E-state index < -0.39 is 0 Å². The third-order valence-corrected chi connectivity index (χ3v) is 2.76. The molecule has 1 heterocycles. The van der Waals surface area contributed by atoms with E-state index >= 15 is 0 Å². The van der Waals surface area contributed by atoms with E-state index in [1.54, 1.807) is 30.2 Å². The first kappa shape index (κ1) is 11.4. The summed E-state index contributed by atoms with van der Waals surface area (Å²) in [5.41, 5.74) is 10.4. The van der Waals surface area contributed by atoms with Crippen LogP contribution in [0.5, 0.6) is 5.75 Å². The van der Waals surface area contributed by atoms with Crippen LogP contribution in [0.15, 0.2) is 18.2 Å². The van der Waals surface area contributed by atoms with Crippen LogP contribution in [-0.4, -0.2) is 29.6 Å². The van der Waals surface area contributed by atoms with Gasteiger partial charge in [-0.2, -0.15) is 4.79 Å². The van der Waals surface area contributed by atoms with Gasteiger partial charge in [0.1, 0.15) is 5.75 Å². The Bertz CT molecular complexity index is 531. The second-order valence-electron chi connectivity index (χ2n) is 4.10. The molecule has 88 valence electrons. The minimum Gasteiger partial charge on any atom is -0.497 e. The molecule has 0 fully saturated rings. The van der Waals surface area contributed by atoms with E-state index in [9.17, 15) is 4.79 Å². The summed E-state index contributed by atoms with van der Waals surface area (Å²) < 4.78 is 5.10. The van der Waals surface area contributed by atoms with Gasteiger partial charge in [0.2, 0.25) is 0 Å². The monoisotopic (exact) mass is 231 g/mol. The number of carbonyl (C=O) groups excluding carboxylic acids is 1. The van der Waals surface area contributed by atoms with E-state index in [0.29, 0.717) is 11.3 Å². The third kappa shape index (κ3) is 1.61. The van der Waals surface area contributed by atoms with Crippen molar-refractivity contribution >= 4 is 17.3 Å². The summed E-state index contributed by atoms with van der Waals surface area (Å²) in [5, 5.41) is 0. The fraction of sp³-hybridized carbons (Fsp3) is 0.333. The normalized spacial score (nSPS) is 14.0. The molecule has 0 radical (unpaired) electrons. The minimum absolute atomic E-state index is 0.00824. The number of amides is 1. The highest BCUT2D eigenvalue weighted by Crippen LogP contribution is 2.33. The van der Waals surface area contributed by atoms with E-state index in [-0.39, 0.29) is 17.7 Å². The molecule has 1 aliphatic heterocycles. The first-order valence-corrected chi connectivity index (χ1v) is 5.34. The van der Waals surface area contributed by atoms with Crippen LogP contribution in [0.3, 0.4) is 0 Å². The van der Waals surface area contributed by atoms with Crippen molar-refractivity contribution in [1.29, 1.82) is 0 Å². The molecule has 1 aromatic rings. The zero-order chi connectivity index (χ0) is 12.6. The van der Waals surface area contributed by atoms with Gasteiger partial charge in [0.25, 0.3) is 0 Å². The van der Waals surface area contributed by atoms with Crippen LogP contribution >= 0.6 is 0 Å². The van der Waals surface area contributed by atoms with Gasteiger partial charge in [0.05, 0.1) is 18.4 Å². The Kier molecular flexibility index (Phi) is 2.69. The van der Waals surface area contributed by atoms with E-state index in [2.05, 4.69) is 4.79 Å². The molecule has 1 aromatic carbocycles. The molecule has 0 atom stereocenters. The lowest BCUT2D eigenvalue weighted by Gasteiger charge is -2.20. The highest BCUT2D eigenvalue weighted by atomic mass is 16.5. The molecule has 1 amide bonds. The van der Waals surface area contributed by atoms with Gasteiger partial charge in [-0.3, -0.25) is 9.69 Å². The number of benzene rings is 1. The number of methoxy groups -OCH3 is 1. The Morgan fingerprint density at radius 3 is 2.65 bits per heavy atom. The first-order valence-electron chi connectivity index (χ1n) is 5.34. The molecule has 0 aliphatic carbocycles. The summed E-state index contributed by atoms with van der Waals surface area (Å²) in [7, 11) is 1.55. The predicted octanol–water partition coefficient (Wildman–Crippen LogP) is 1.47. The van der Waals surface area contributed by atoms with E-state index in [4.69, 9.17) is 10.3 Å². The molecule has 0 spiro atoms. The number of fused-ring (bicyclic) bond motifs is 1. The Balaban J connectivity index is 2.65. The lowest BCUT2D eigenvalue weighted by molar-refractivity contribution is -0.116. The minimum atomic E-state index is -0.286. The van der Waals surface area contributed by atoms with Crippen molar-refractivity contribution in [1.82, 2.24) is 0 Å². The van der Waals surface area contributed by atoms with Gasteiger partial charge < -0.3 is 10.3 Å². The highest BCUT2D eigenvalue weighted by molar-refractivity contribution is 6.52. The number of nitrogens with zero attached hydrogens (tertiary/aromatic N) is 3. The zero-order valence-corrected chi connectivity index (χ0v) is 9.97. The van der Waals surface area contributed by atoms with Crippen LogP contribution in [0.25, 0.3) is 5.53 Å². The van der Waals surface area contributed by atoms with Gasteiger partial charge in [0.15, 0.2) is 0 Å². The molecule has 5 nitrogen and oxygen atoms in total. The second-order valence-corrected chi connectivity index (χ2v) is 4.10. The van der Waals surface area contributed by atoms with Crippen LogP contribution in [0.2, 0.25) is 0 Å². The number of rotatable bonds is 2. The van der Waals surface area contributed by atoms with Crippen LogP contribution in [0, 0.1) is 0 Å². The molecule has 17 heavy (non-hydrogen) atoms. The van der Waals surface area contributed by atoms with Gasteiger partial charge in [0, 0.05) is 6.04 Å². The Hall–Kier alpha value is -2.13. The largest absolute Gasteiger partial charge is 0.497 e. The molecule has 0 saturated carbocycles. The molecule has 1 aliphatic rings. The van der Waals surface area contributed by atoms with Crippen LogP contribution in [0.4, 0.5) is 5.69 Å². The zero-order valence-electron chi connectivity index (χ0n) is 9.97. The lowest BCUT2D eigenvalue weighted by Crippen LogP contribution is -2.36. The molecule has 0 N–H and O–H groups in total. The van der Waals surface area contributed by atoms with Crippen LogP contribution < -0.4 is 9.64 Å². The third-order valence-electron chi connectivity index (χ3n) is 2.76. The van der Waals surface area contributed by atoms with Gasteiger partial charge >= 0.3 is 11.6 Å². The lowest BCUT2D eigenvalue weighted by atomic mass is 10.1. The number of ether oxygens (including phenoxy) is 1. The maximum atomic E-state index is 12.0. The molecular weight excluding hydrogens is 218 g/mol.